The van der Waals surface area contributed by atoms with Crippen molar-refractivity contribution < 1.29 is 4.92 Å². The molecule has 0 aliphatic rings. The van der Waals surface area contributed by atoms with E-state index in [1.165, 1.54) is 23.0 Å². The van der Waals surface area contributed by atoms with Gasteiger partial charge in [-0.25, -0.2) is 4.98 Å². The number of aromatic nitrogens is 2. The first-order valence-corrected chi connectivity index (χ1v) is 6.23. The van der Waals surface area contributed by atoms with Gasteiger partial charge in [0.1, 0.15) is 4.47 Å². The van der Waals surface area contributed by atoms with E-state index in [1.54, 1.807) is 19.1 Å². The van der Waals surface area contributed by atoms with Crippen LogP contribution in [0.2, 0.25) is 0 Å². The molecule has 6 nitrogen and oxygen atoms in total. The summed E-state index contributed by atoms with van der Waals surface area (Å²) in [6.07, 6.45) is 1.43. The molecule has 0 aliphatic carbocycles. The largest absolute Gasteiger partial charge is 0.295 e. The van der Waals surface area contributed by atoms with Gasteiger partial charge in [0.15, 0.2) is 0 Å². The zero-order chi connectivity index (χ0) is 14.0. The molecule has 0 saturated carbocycles. The molecular formula is C12H10BrN3O3. The van der Waals surface area contributed by atoms with Crippen molar-refractivity contribution in [2.75, 3.05) is 0 Å². The minimum atomic E-state index is -0.469. The summed E-state index contributed by atoms with van der Waals surface area (Å²) in [5.41, 5.74) is 1.08. The molecule has 0 fully saturated rings. The smallest absolute Gasteiger partial charge is 0.283 e. The first-order chi connectivity index (χ1) is 8.99. The average Bonchev–Trinajstić information content (AvgIpc) is 2.34. The molecule has 0 atom stereocenters. The molecule has 0 N–H and O–H groups in total. The molecule has 2 rings (SSSR count). The number of nitro groups is 1. The Morgan fingerprint density at radius 2 is 2.21 bits per heavy atom. The molecule has 1 heterocycles. The maximum atomic E-state index is 11.7. The average molecular weight is 324 g/mol. The number of aryl methyl sites for hydroxylation is 1. The summed E-state index contributed by atoms with van der Waals surface area (Å²) < 4.78 is 1.78. The van der Waals surface area contributed by atoms with E-state index in [2.05, 4.69) is 20.9 Å². The maximum absolute atomic E-state index is 11.7. The van der Waals surface area contributed by atoms with Crippen LogP contribution in [0.5, 0.6) is 0 Å². The summed E-state index contributed by atoms with van der Waals surface area (Å²) in [4.78, 5) is 26.1. The number of halogens is 1. The molecule has 0 saturated heterocycles. The van der Waals surface area contributed by atoms with Gasteiger partial charge in [0.05, 0.1) is 17.8 Å². The van der Waals surface area contributed by atoms with Gasteiger partial charge in [0.2, 0.25) is 0 Å². The minimum Gasteiger partial charge on any atom is -0.295 e. The standard InChI is InChI=1S/C12H10BrN3O3/c1-8-5-11(17)15(7-14-8)6-9-3-2-4-10(12(9)13)16(18)19/h2-5,7H,6H2,1H3. The normalized spacial score (nSPS) is 10.4. The molecule has 98 valence electrons. The Bertz CT molecular complexity index is 697. The summed E-state index contributed by atoms with van der Waals surface area (Å²) >= 11 is 3.20. The molecule has 19 heavy (non-hydrogen) atoms. The topological polar surface area (TPSA) is 78.0 Å². The Labute approximate surface area is 117 Å². The summed E-state index contributed by atoms with van der Waals surface area (Å²) in [6, 6.07) is 6.14. The quantitative estimate of drug-likeness (QED) is 0.641. The highest BCUT2D eigenvalue weighted by molar-refractivity contribution is 9.10. The van der Waals surface area contributed by atoms with Crippen LogP contribution in [0, 0.1) is 17.0 Å². The van der Waals surface area contributed by atoms with Crippen molar-refractivity contribution >= 4 is 21.6 Å². The maximum Gasteiger partial charge on any atom is 0.283 e. The Morgan fingerprint density at radius 3 is 2.84 bits per heavy atom. The number of nitro benzene ring substituents is 1. The highest BCUT2D eigenvalue weighted by Gasteiger charge is 2.15. The zero-order valence-corrected chi connectivity index (χ0v) is 11.6. The van der Waals surface area contributed by atoms with Gasteiger partial charge >= 0.3 is 0 Å². The molecule has 2 aromatic rings. The van der Waals surface area contributed by atoms with Crippen LogP contribution in [0.25, 0.3) is 0 Å². The lowest BCUT2D eigenvalue weighted by atomic mass is 10.2. The number of nitrogens with zero attached hydrogens (tertiary/aromatic N) is 3. The van der Waals surface area contributed by atoms with E-state index in [1.807, 2.05) is 0 Å². The first-order valence-electron chi connectivity index (χ1n) is 5.44. The van der Waals surface area contributed by atoms with Crippen molar-refractivity contribution in [1.29, 1.82) is 0 Å². The second-order valence-corrected chi connectivity index (χ2v) is 4.80. The van der Waals surface area contributed by atoms with Crippen molar-refractivity contribution in [1.82, 2.24) is 9.55 Å². The Balaban J connectivity index is 2.41. The van der Waals surface area contributed by atoms with Crippen molar-refractivity contribution in [2.24, 2.45) is 0 Å². The lowest BCUT2D eigenvalue weighted by molar-refractivity contribution is -0.385. The van der Waals surface area contributed by atoms with Crippen LogP contribution in [0.1, 0.15) is 11.3 Å². The van der Waals surface area contributed by atoms with Crippen LogP contribution in [-0.4, -0.2) is 14.5 Å². The predicted molar refractivity (Wildman–Crippen MR) is 73.1 cm³/mol. The van der Waals surface area contributed by atoms with Crippen LogP contribution < -0.4 is 5.56 Å². The number of hydrogen-bond donors (Lipinski definition) is 0. The van der Waals surface area contributed by atoms with E-state index in [0.717, 1.165) is 0 Å². The highest BCUT2D eigenvalue weighted by atomic mass is 79.9. The van der Waals surface area contributed by atoms with Gasteiger partial charge in [-0.05, 0) is 28.4 Å². The monoisotopic (exact) mass is 323 g/mol. The van der Waals surface area contributed by atoms with Gasteiger partial charge in [0, 0.05) is 17.8 Å². The second-order valence-electron chi connectivity index (χ2n) is 4.00. The van der Waals surface area contributed by atoms with Crippen LogP contribution in [0.4, 0.5) is 5.69 Å². The summed E-state index contributed by atoms with van der Waals surface area (Å²) in [5, 5.41) is 10.8. The van der Waals surface area contributed by atoms with E-state index in [-0.39, 0.29) is 17.8 Å². The fraction of sp³-hybridized carbons (Fsp3) is 0.167. The lowest BCUT2D eigenvalue weighted by Crippen LogP contribution is -2.20. The van der Waals surface area contributed by atoms with Gasteiger partial charge in [0.25, 0.3) is 11.2 Å². The molecule has 1 aromatic carbocycles. The molecule has 0 unspecified atom stereocenters. The van der Waals surface area contributed by atoms with Crippen molar-refractivity contribution in [3.63, 3.8) is 0 Å². The molecule has 1 aromatic heterocycles. The van der Waals surface area contributed by atoms with Gasteiger partial charge in [-0.3, -0.25) is 19.5 Å². The Kier molecular flexibility index (Phi) is 3.75. The second kappa shape index (κ2) is 5.31. The fourth-order valence-electron chi connectivity index (χ4n) is 1.65. The molecule has 0 aliphatic heterocycles. The number of hydrogen-bond acceptors (Lipinski definition) is 4. The van der Waals surface area contributed by atoms with Crippen LogP contribution in [0.15, 0.2) is 39.9 Å². The highest BCUT2D eigenvalue weighted by Crippen LogP contribution is 2.28. The Hall–Kier alpha value is -2.02. The van der Waals surface area contributed by atoms with E-state index < -0.39 is 4.92 Å². The fourth-order valence-corrected chi connectivity index (χ4v) is 2.18. The molecule has 0 amide bonds. The first kappa shape index (κ1) is 13.4. The number of benzene rings is 1. The third-order valence-corrected chi connectivity index (χ3v) is 3.53. The summed E-state index contributed by atoms with van der Waals surface area (Å²) in [5.74, 6) is 0. The van der Waals surface area contributed by atoms with E-state index >= 15 is 0 Å². The third kappa shape index (κ3) is 2.87. The van der Waals surface area contributed by atoms with E-state index in [9.17, 15) is 14.9 Å². The SMILES string of the molecule is Cc1cc(=O)n(Cc2cccc([N+](=O)[O-])c2Br)cn1. The van der Waals surface area contributed by atoms with Crippen LogP contribution >= 0.6 is 15.9 Å². The van der Waals surface area contributed by atoms with Crippen molar-refractivity contribution in [3.8, 4) is 0 Å². The minimum absolute atomic E-state index is 0.0226. The van der Waals surface area contributed by atoms with E-state index in [4.69, 9.17) is 0 Å². The van der Waals surface area contributed by atoms with Crippen molar-refractivity contribution in [2.45, 2.75) is 13.5 Å². The Morgan fingerprint density at radius 1 is 1.47 bits per heavy atom. The van der Waals surface area contributed by atoms with Gasteiger partial charge in [-0.2, -0.15) is 0 Å². The lowest BCUT2D eigenvalue weighted by Gasteiger charge is -2.07. The van der Waals surface area contributed by atoms with Crippen molar-refractivity contribution in [3.05, 3.63) is 66.8 Å². The molecular weight excluding hydrogens is 314 g/mol. The van der Waals surface area contributed by atoms with Crippen LogP contribution in [0.3, 0.4) is 0 Å². The molecule has 0 bridgehead atoms. The van der Waals surface area contributed by atoms with Crippen LogP contribution in [-0.2, 0) is 6.54 Å². The zero-order valence-electron chi connectivity index (χ0n) is 10.0. The summed E-state index contributed by atoms with van der Waals surface area (Å²) in [6.45, 7) is 1.96. The van der Waals surface area contributed by atoms with Gasteiger partial charge in [-0.1, -0.05) is 12.1 Å². The van der Waals surface area contributed by atoms with Gasteiger partial charge in [-0.15, -0.1) is 0 Å². The predicted octanol–water partition coefficient (Wildman–Crippen LogP) is 2.27. The molecule has 7 heteroatoms. The number of rotatable bonds is 3. The van der Waals surface area contributed by atoms with E-state index in [0.29, 0.717) is 15.7 Å². The third-order valence-electron chi connectivity index (χ3n) is 2.61. The van der Waals surface area contributed by atoms with Gasteiger partial charge < -0.3 is 0 Å². The molecule has 0 spiro atoms. The molecule has 0 radical (unpaired) electrons. The summed E-state index contributed by atoms with van der Waals surface area (Å²) in [7, 11) is 0.